The average Bonchev–Trinajstić information content (AvgIpc) is 2.92. The zero-order valence-electron chi connectivity index (χ0n) is 20.2. The Morgan fingerprint density at radius 2 is 1.75 bits per heavy atom. The lowest BCUT2D eigenvalue weighted by Crippen LogP contribution is -2.33. The normalized spacial score (nSPS) is 20.6. The maximum Gasteiger partial charge on any atom is 0.336 e. The molecule has 174 valence electrons. The van der Waals surface area contributed by atoms with Crippen LogP contribution in [0, 0.1) is 0 Å². The van der Waals surface area contributed by atoms with Crippen molar-refractivity contribution >= 4 is 11.0 Å². The van der Waals surface area contributed by atoms with Crippen molar-refractivity contribution in [1.82, 2.24) is 0 Å². The Morgan fingerprint density at radius 1 is 1.03 bits per heavy atom. The molecule has 1 aromatic carbocycles. The molecule has 0 bridgehead atoms. The van der Waals surface area contributed by atoms with Crippen LogP contribution in [0.2, 0.25) is 0 Å². The summed E-state index contributed by atoms with van der Waals surface area (Å²) in [5, 5.41) is 0.880. The molecular weight excluding hydrogens is 404 g/mol. The minimum atomic E-state index is -0.504. The molecule has 1 aromatic heterocycles. The van der Waals surface area contributed by atoms with Gasteiger partial charge in [-0.2, -0.15) is 0 Å². The molecule has 1 aliphatic rings. The summed E-state index contributed by atoms with van der Waals surface area (Å²) in [6.45, 7) is 13.0. The number of hydrogen-bond acceptors (Lipinski definition) is 5. The van der Waals surface area contributed by atoms with E-state index in [-0.39, 0.29) is 17.3 Å². The highest BCUT2D eigenvalue weighted by atomic mass is 16.8. The van der Waals surface area contributed by atoms with Gasteiger partial charge in [-0.3, -0.25) is 0 Å². The van der Waals surface area contributed by atoms with Crippen molar-refractivity contribution in [2.24, 2.45) is 0 Å². The number of ether oxygens (including phenoxy) is 3. The largest absolute Gasteiger partial charge is 0.489 e. The lowest BCUT2D eigenvalue weighted by molar-refractivity contribution is -0.157. The van der Waals surface area contributed by atoms with Crippen LogP contribution >= 0.6 is 0 Å². The highest BCUT2D eigenvalue weighted by Crippen LogP contribution is 2.38. The Morgan fingerprint density at radius 3 is 2.47 bits per heavy atom. The Kier molecular flexibility index (Phi) is 7.63. The summed E-state index contributed by atoms with van der Waals surface area (Å²) < 4.78 is 23.1. The Hall–Kier alpha value is -2.37. The first-order valence-electron chi connectivity index (χ1n) is 11.4. The zero-order valence-corrected chi connectivity index (χ0v) is 20.2. The predicted octanol–water partition coefficient (Wildman–Crippen LogP) is 6.55. The predicted molar refractivity (Wildman–Crippen MR) is 128 cm³/mol. The van der Waals surface area contributed by atoms with Crippen LogP contribution in [0.5, 0.6) is 5.75 Å². The minimum absolute atomic E-state index is 0.114. The van der Waals surface area contributed by atoms with Gasteiger partial charge in [0, 0.05) is 17.5 Å². The topological polar surface area (TPSA) is 57.9 Å². The van der Waals surface area contributed by atoms with Gasteiger partial charge in [-0.15, -0.1) is 0 Å². The van der Waals surface area contributed by atoms with Gasteiger partial charge in [0.05, 0.1) is 11.7 Å². The molecule has 1 aliphatic heterocycles. The first-order chi connectivity index (χ1) is 15.0. The molecule has 32 heavy (non-hydrogen) atoms. The molecule has 2 aromatic rings. The number of allylic oxidation sites excluding steroid dienone is 3. The fraction of sp³-hybridized carbons (Fsp3) is 0.519. The second-order valence-corrected chi connectivity index (χ2v) is 9.66. The van der Waals surface area contributed by atoms with Crippen LogP contribution in [0.3, 0.4) is 0 Å². The van der Waals surface area contributed by atoms with Gasteiger partial charge in [-0.25, -0.2) is 4.79 Å². The molecule has 1 unspecified atom stereocenters. The molecule has 1 saturated heterocycles. The van der Waals surface area contributed by atoms with E-state index in [4.69, 9.17) is 18.6 Å². The standard InChI is InChI=1S/C27H36O5/c1-19(10-14-24-26(3,4)32-27(5,6)31-24)8-7-9-20(2)16-17-29-22-13-11-21-12-15-25(28)30-23(21)18-22/h8,11-13,15-16,18,24H,7,9-10,14,17H2,1-6H3/b19-8+,20-16+. The van der Waals surface area contributed by atoms with Crippen molar-refractivity contribution in [3.8, 4) is 5.75 Å². The van der Waals surface area contributed by atoms with E-state index in [1.807, 2.05) is 26.0 Å². The molecule has 0 spiro atoms. The molecule has 0 amide bonds. The average molecular weight is 441 g/mol. The van der Waals surface area contributed by atoms with Crippen LogP contribution < -0.4 is 10.4 Å². The summed E-state index contributed by atoms with van der Waals surface area (Å²) in [4.78, 5) is 11.4. The van der Waals surface area contributed by atoms with Crippen LogP contribution in [0.25, 0.3) is 11.0 Å². The third kappa shape index (κ3) is 6.81. The van der Waals surface area contributed by atoms with Crippen molar-refractivity contribution in [3.63, 3.8) is 0 Å². The first kappa shape index (κ1) is 24.3. The van der Waals surface area contributed by atoms with Crippen molar-refractivity contribution in [2.45, 2.75) is 84.7 Å². The van der Waals surface area contributed by atoms with Crippen LogP contribution in [0.15, 0.2) is 62.8 Å². The molecule has 3 rings (SSSR count). The van der Waals surface area contributed by atoms with E-state index in [1.165, 1.54) is 17.2 Å². The van der Waals surface area contributed by atoms with Crippen LogP contribution in [0.1, 0.15) is 67.2 Å². The molecule has 0 saturated carbocycles. The highest BCUT2D eigenvalue weighted by molar-refractivity contribution is 5.77. The van der Waals surface area contributed by atoms with Gasteiger partial charge in [0.2, 0.25) is 0 Å². The quantitative estimate of drug-likeness (QED) is 0.327. The molecule has 0 aliphatic carbocycles. The van der Waals surface area contributed by atoms with Gasteiger partial charge in [0.1, 0.15) is 17.9 Å². The molecule has 5 nitrogen and oxygen atoms in total. The maximum absolute atomic E-state index is 11.4. The zero-order chi connectivity index (χ0) is 23.4. The summed E-state index contributed by atoms with van der Waals surface area (Å²) in [6.07, 6.45) is 8.51. The monoisotopic (exact) mass is 440 g/mol. The van der Waals surface area contributed by atoms with Gasteiger partial charge in [0.25, 0.3) is 0 Å². The summed E-state index contributed by atoms with van der Waals surface area (Å²) in [5.41, 5.74) is 2.61. The van der Waals surface area contributed by atoms with E-state index in [0.717, 1.165) is 31.1 Å². The van der Waals surface area contributed by atoms with Crippen molar-refractivity contribution in [2.75, 3.05) is 6.61 Å². The second-order valence-electron chi connectivity index (χ2n) is 9.66. The number of benzene rings is 1. The molecule has 0 radical (unpaired) electrons. The third-order valence-electron chi connectivity index (χ3n) is 5.82. The maximum atomic E-state index is 11.4. The second kappa shape index (κ2) is 10.1. The fourth-order valence-electron chi connectivity index (χ4n) is 4.13. The van der Waals surface area contributed by atoms with Crippen molar-refractivity contribution < 1.29 is 18.6 Å². The van der Waals surface area contributed by atoms with E-state index < -0.39 is 5.79 Å². The molecule has 1 atom stereocenters. The van der Waals surface area contributed by atoms with E-state index >= 15 is 0 Å². The van der Waals surface area contributed by atoms with E-state index in [9.17, 15) is 4.79 Å². The minimum Gasteiger partial charge on any atom is -0.489 e. The number of hydrogen-bond donors (Lipinski definition) is 0. The Labute approximate surface area is 191 Å². The van der Waals surface area contributed by atoms with Gasteiger partial charge in [-0.05, 0) is 91.5 Å². The summed E-state index contributed by atoms with van der Waals surface area (Å²) in [6, 6.07) is 8.71. The lowest BCUT2D eigenvalue weighted by Gasteiger charge is -2.24. The lowest BCUT2D eigenvalue weighted by atomic mass is 9.95. The van der Waals surface area contributed by atoms with Crippen LogP contribution in [-0.4, -0.2) is 24.1 Å². The van der Waals surface area contributed by atoms with E-state index in [1.54, 1.807) is 12.1 Å². The molecule has 0 N–H and O–H groups in total. The number of fused-ring (bicyclic) bond motifs is 1. The Balaban J connectivity index is 1.41. The van der Waals surface area contributed by atoms with Gasteiger partial charge >= 0.3 is 5.63 Å². The SMILES string of the molecule is C/C(=C\COc1ccc2ccc(=O)oc2c1)CC/C=C(\C)CCC1OC(C)(C)OC1(C)C. The Bertz CT molecular complexity index is 1040. The van der Waals surface area contributed by atoms with Gasteiger partial charge in [0.15, 0.2) is 5.79 Å². The summed E-state index contributed by atoms with van der Waals surface area (Å²) in [5.74, 6) is 0.187. The van der Waals surface area contributed by atoms with Gasteiger partial charge < -0.3 is 18.6 Å². The fourth-order valence-corrected chi connectivity index (χ4v) is 4.13. The van der Waals surface area contributed by atoms with Crippen LogP contribution in [-0.2, 0) is 9.47 Å². The van der Waals surface area contributed by atoms with Crippen LogP contribution in [0.4, 0.5) is 0 Å². The van der Waals surface area contributed by atoms with Crippen molar-refractivity contribution in [3.05, 3.63) is 64.1 Å². The summed E-state index contributed by atoms with van der Waals surface area (Å²) in [7, 11) is 0. The van der Waals surface area contributed by atoms with Crippen molar-refractivity contribution in [1.29, 1.82) is 0 Å². The van der Waals surface area contributed by atoms with Gasteiger partial charge in [-0.1, -0.05) is 17.2 Å². The third-order valence-corrected chi connectivity index (χ3v) is 5.82. The highest BCUT2D eigenvalue weighted by Gasteiger charge is 2.46. The number of rotatable bonds is 9. The summed E-state index contributed by atoms with van der Waals surface area (Å²) >= 11 is 0. The van der Waals surface area contributed by atoms with E-state index in [2.05, 4.69) is 39.8 Å². The molecule has 2 heterocycles. The molecule has 1 fully saturated rings. The molecular formula is C27H36O5. The van der Waals surface area contributed by atoms with E-state index in [0.29, 0.717) is 17.9 Å². The first-order valence-corrected chi connectivity index (χ1v) is 11.4. The smallest absolute Gasteiger partial charge is 0.336 e. The molecule has 5 heteroatoms.